The molecule has 152 valence electrons. The van der Waals surface area contributed by atoms with Crippen molar-refractivity contribution in [2.24, 2.45) is 5.73 Å². The number of cyclic esters (lactones) is 1. The molecular formula is C19H27N5O4. The Bertz CT molecular complexity index is 716. The van der Waals surface area contributed by atoms with Gasteiger partial charge in [0.2, 0.25) is 0 Å². The highest BCUT2D eigenvalue weighted by atomic mass is 16.6. The fourth-order valence-electron chi connectivity index (χ4n) is 3.46. The lowest BCUT2D eigenvalue weighted by atomic mass is 10.2. The summed E-state index contributed by atoms with van der Waals surface area (Å²) in [6.07, 6.45) is -0.557. The van der Waals surface area contributed by atoms with Crippen LogP contribution in [0.4, 0.5) is 10.5 Å². The number of amides is 1. The van der Waals surface area contributed by atoms with Gasteiger partial charge in [0, 0.05) is 44.0 Å². The minimum Gasteiger partial charge on any atom is -0.465 e. The van der Waals surface area contributed by atoms with Gasteiger partial charge in [0.15, 0.2) is 0 Å². The summed E-state index contributed by atoms with van der Waals surface area (Å²) in [4.78, 5) is 29.8. The molecule has 2 aliphatic rings. The summed E-state index contributed by atoms with van der Waals surface area (Å²) in [5.41, 5.74) is 6.82. The van der Waals surface area contributed by atoms with E-state index in [9.17, 15) is 9.59 Å². The quantitative estimate of drug-likeness (QED) is 0.396. The molecular weight excluding hydrogens is 362 g/mol. The number of carbonyl (C=O) groups is 2. The van der Waals surface area contributed by atoms with Crippen molar-refractivity contribution in [2.75, 3.05) is 57.3 Å². The number of benzene rings is 1. The van der Waals surface area contributed by atoms with E-state index in [4.69, 9.17) is 20.6 Å². The van der Waals surface area contributed by atoms with Crippen molar-refractivity contribution < 1.29 is 19.1 Å². The first-order chi connectivity index (χ1) is 13.5. The molecule has 1 amide bonds. The van der Waals surface area contributed by atoms with Gasteiger partial charge in [0.1, 0.15) is 11.9 Å². The van der Waals surface area contributed by atoms with E-state index >= 15 is 0 Å². The van der Waals surface area contributed by atoms with Gasteiger partial charge in [-0.3, -0.25) is 24.9 Å². The van der Waals surface area contributed by atoms with Crippen molar-refractivity contribution in [1.29, 1.82) is 5.41 Å². The Labute approximate surface area is 164 Å². The number of nitrogens with one attached hydrogen (secondary N) is 1. The van der Waals surface area contributed by atoms with Gasteiger partial charge in [-0.2, -0.15) is 0 Å². The summed E-state index contributed by atoms with van der Waals surface area (Å²) in [7, 11) is 0. The Morgan fingerprint density at radius 1 is 1.21 bits per heavy atom. The first-order valence-electron chi connectivity index (χ1n) is 9.49. The third-order valence-corrected chi connectivity index (χ3v) is 4.95. The number of hydrogen-bond donors (Lipinski definition) is 2. The number of esters is 1. The average Bonchev–Trinajstić information content (AvgIpc) is 3.03. The molecule has 0 bridgehead atoms. The van der Waals surface area contributed by atoms with Crippen molar-refractivity contribution >= 4 is 23.6 Å². The summed E-state index contributed by atoms with van der Waals surface area (Å²) >= 11 is 0. The molecule has 9 heteroatoms. The van der Waals surface area contributed by atoms with Crippen LogP contribution in [0.3, 0.4) is 0 Å². The highest BCUT2D eigenvalue weighted by molar-refractivity contribution is 5.96. The third-order valence-electron chi connectivity index (χ3n) is 4.95. The summed E-state index contributed by atoms with van der Waals surface area (Å²) in [5, 5.41) is 7.44. The Morgan fingerprint density at radius 2 is 1.86 bits per heavy atom. The molecule has 0 saturated carbocycles. The zero-order valence-corrected chi connectivity index (χ0v) is 16.1. The van der Waals surface area contributed by atoms with Gasteiger partial charge in [0.25, 0.3) is 0 Å². The van der Waals surface area contributed by atoms with Gasteiger partial charge < -0.3 is 15.2 Å². The van der Waals surface area contributed by atoms with Crippen LogP contribution in [-0.2, 0) is 14.3 Å². The summed E-state index contributed by atoms with van der Waals surface area (Å²) in [6, 6.07) is 6.99. The monoisotopic (exact) mass is 389 g/mol. The van der Waals surface area contributed by atoms with Crippen molar-refractivity contribution in [3.63, 3.8) is 0 Å². The van der Waals surface area contributed by atoms with Crippen molar-refractivity contribution in [1.82, 2.24) is 9.80 Å². The highest BCUT2D eigenvalue weighted by Crippen LogP contribution is 2.22. The second-order valence-electron chi connectivity index (χ2n) is 6.96. The summed E-state index contributed by atoms with van der Waals surface area (Å²) < 4.78 is 10.5. The largest absolute Gasteiger partial charge is 0.465 e. The smallest absolute Gasteiger partial charge is 0.414 e. The maximum Gasteiger partial charge on any atom is 0.414 e. The van der Waals surface area contributed by atoms with E-state index in [0.717, 1.165) is 31.9 Å². The second kappa shape index (κ2) is 9.03. The number of nitrogen functional groups attached to an aromatic ring is 1. The van der Waals surface area contributed by atoms with E-state index in [-0.39, 0.29) is 24.0 Å². The lowest BCUT2D eigenvalue weighted by Gasteiger charge is -2.34. The number of piperazine rings is 1. The normalized spacial score (nSPS) is 20.8. The van der Waals surface area contributed by atoms with E-state index < -0.39 is 0 Å². The zero-order chi connectivity index (χ0) is 20.1. The molecule has 0 aromatic heterocycles. The molecule has 0 aliphatic carbocycles. The number of hydrogen-bond acceptors (Lipinski definition) is 7. The summed E-state index contributed by atoms with van der Waals surface area (Å²) in [5.74, 6) is -0.192. The fraction of sp³-hybridized carbons (Fsp3) is 0.526. The van der Waals surface area contributed by atoms with Crippen molar-refractivity contribution in [3.05, 3.63) is 29.8 Å². The molecule has 2 aliphatic heterocycles. The molecule has 1 aromatic rings. The standard InChI is InChI=1S/C19H27N5O4/c1-2-27-17(25)13-23-9-7-22(8-10-23)11-16-12-24(19(26)28-16)15-5-3-14(4-6-15)18(20)21/h3-6,16H,2,7-13H2,1H3,(H3,20,21)/t16-/m1/s1. The van der Waals surface area contributed by atoms with Gasteiger partial charge >= 0.3 is 12.1 Å². The lowest BCUT2D eigenvalue weighted by molar-refractivity contribution is -0.144. The van der Waals surface area contributed by atoms with Crippen LogP contribution >= 0.6 is 0 Å². The molecule has 2 fully saturated rings. The Kier molecular flexibility index (Phi) is 6.48. The minimum absolute atomic E-state index is 0.00414. The first kappa shape index (κ1) is 20.1. The van der Waals surface area contributed by atoms with Crippen LogP contribution in [0.25, 0.3) is 0 Å². The molecule has 0 unspecified atom stereocenters. The Hall–Kier alpha value is -2.65. The molecule has 3 N–H and O–H groups in total. The molecule has 0 radical (unpaired) electrons. The lowest BCUT2D eigenvalue weighted by Crippen LogP contribution is -2.50. The Balaban J connectivity index is 1.47. The highest BCUT2D eigenvalue weighted by Gasteiger charge is 2.34. The van der Waals surface area contributed by atoms with Crippen LogP contribution in [0, 0.1) is 5.41 Å². The molecule has 1 aromatic carbocycles. The first-order valence-corrected chi connectivity index (χ1v) is 9.49. The van der Waals surface area contributed by atoms with Crippen LogP contribution < -0.4 is 10.6 Å². The van der Waals surface area contributed by atoms with Gasteiger partial charge in [-0.1, -0.05) is 0 Å². The van der Waals surface area contributed by atoms with Gasteiger partial charge in [-0.15, -0.1) is 0 Å². The van der Waals surface area contributed by atoms with E-state index in [1.54, 1.807) is 36.1 Å². The van der Waals surface area contributed by atoms with Gasteiger partial charge in [-0.05, 0) is 31.2 Å². The number of nitrogens with two attached hydrogens (primary N) is 1. The molecule has 1 atom stereocenters. The van der Waals surface area contributed by atoms with Crippen molar-refractivity contribution in [3.8, 4) is 0 Å². The van der Waals surface area contributed by atoms with Gasteiger partial charge in [-0.25, -0.2) is 4.79 Å². The Morgan fingerprint density at radius 3 is 2.46 bits per heavy atom. The maximum absolute atomic E-state index is 12.2. The number of ether oxygens (including phenoxy) is 2. The van der Waals surface area contributed by atoms with E-state index in [2.05, 4.69) is 9.80 Å². The molecule has 0 spiro atoms. The van der Waals surface area contributed by atoms with Gasteiger partial charge in [0.05, 0.1) is 19.7 Å². The maximum atomic E-state index is 12.2. The minimum atomic E-state index is -0.360. The molecule has 28 heavy (non-hydrogen) atoms. The average molecular weight is 389 g/mol. The number of carbonyl (C=O) groups excluding carboxylic acids is 2. The number of nitrogens with zero attached hydrogens (tertiary/aromatic N) is 3. The molecule has 2 saturated heterocycles. The van der Waals surface area contributed by atoms with E-state index in [1.165, 1.54) is 0 Å². The van der Waals surface area contributed by atoms with E-state index in [0.29, 0.717) is 31.8 Å². The topological polar surface area (TPSA) is 112 Å². The number of rotatable bonds is 7. The van der Waals surface area contributed by atoms with Crippen molar-refractivity contribution in [2.45, 2.75) is 13.0 Å². The van der Waals surface area contributed by atoms with E-state index in [1.807, 2.05) is 0 Å². The SMILES string of the molecule is CCOC(=O)CN1CCN(C[C@@H]2CN(c3ccc(C(=N)N)cc3)C(=O)O2)CC1. The molecule has 9 nitrogen and oxygen atoms in total. The number of amidine groups is 1. The van der Waals surface area contributed by atoms with Crippen LogP contribution in [0.1, 0.15) is 12.5 Å². The van der Waals surface area contributed by atoms with Crippen LogP contribution in [0.15, 0.2) is 24.3 Å². The summed E-state index contributed by atoms with van der Waals surface area (Å²) in [6.45, 7) is 6.90. The third kappa shape index (κ3) is 4.99. The second-order valence-corrected chi connectivity index (χ2v) is 6.96. The fourth-order valence-corrected chi connectivity index (χ4v) is 3.46. The predicted octanol–water partition coefficient (Wildman–Crippen LogP) is 0.477. The van der Waals surface area contributed by atoms with Crippen LogP contribution in [-0.4, -0.2) is 86.2 Å². The molecule has 3 rings (SSSR count). The number of anilines is 1. The van der Waals surface area contributed by atoms with Crippen LogP contribution in [0.5, 0.6) is 0 Å². The van der Waals surface area contributed by atoms with Crippen LogP contribution in [0.2, 0.25) is 0 Å². The molecule has 2 heterocycles. The predicted molar refractivity (Wildman–Crippen MR) is 105 cm³/mol. The zero-order valence-electron chi connectivity index (χ0n) is 16.1.